The molecule has 0 aliphatic rings. The topological polar surface area (TPSA) is 6.48 Å². The van der Waals surface area contributed by atoms with Gasteiger partial charge in [0.1, 0.15) is 0 Å². The molecule has 0 saturated heterocycles. The minimum absolute atomic E-state index is 1.06. The van der Waals surface area contributed by atoms with Gasteiger partial charge in [0.25, 0.3) is 0 Å². The molecule has 0 heterocycles. The van der Waals surface area contributed by atoms with Crippen LogP contribution in [0.3, 0.4) is 0 Å². The summed E-state index contributed by atoms with van der Waals surface area (Å²) in [5.74, 6) is 0. The summed E-state index contributed by atoms with van der Waals surface area (Å²) < 4.78 is 0. The van der Waals surface area contributed by atoms with Crippen LogP contribution in [-0.2, 0) is 0 Å². The van der Waals surface area contributed by atoms with Gasteiger partial charge in [-0.3, -0.25) is 0 Å². The predicted octanol–water partition coefficient (Wildman–Crippen LogP) is 3.93. The molecule has 0 radical (unpaired) electrons. The van der Waals surface area contributed by atoms with Gasteiger partial charge in [-0.05, 0) is 0 Å². The second kappa shape index (κ2) is 8.57. The summed E-state index contributed by atoms with van der Waals surface area (Å²) in [6.07, 6.45) is 0. The van der Waals surface area contributed by atoms with E-state index < -0.39 is 8.07 Å². The van der Waals surface area contributed by atoms with Gasteiger partial charge < -0.3 is 0 Å². The van der Waals surface area contributed by atoms with Crippen LogP contribution in [-0.4, -0.2) is 34.3 Å². The standard InChI is InChI=1S/C22H35N2Si/c1-7-23(8-2)19-13-11-15-21(17-19)25(5,6)22-16-12-14-20(18-22)24(9-3)10-4/h11-18,25H,7-10H2,1-6H3/q-1. The molecule has 138 valence electrons. The van der Waals surface area contributed by atoms with Gasteiger partial charge in [-0.15, -0.1) is 0 Å². The summed E-state index contributed by atoms with van der Waals surface area (Å²) in [6, 6.07) is 18.5. The van der Waals surface area contributed by atoms with Crippen LogP contribution < -0.4 is 20.2 Å². The molecule has 0 spiro atoms. The number of anilines is 2. The monoisotopic (exact) mass is 355 g/mol. The zero-order valence-corrected chi connectivity index (χ0v) is 18.1. The van der Waals surface area contributed by atoms with Gasteiger partial charge in [-0.2, -0.15) is 0 Å². The Hall–Kier alpha value is -1.74. The summed E-state index contributed by atoms with van der Waals surface area (Å²) in [5, 5.41) is 3.07. The van der Waals surface area contributed by atoms with Crippen LogP contribution in [0.4, 0.5) is 11.4 Å². The van der Waals surface area contributed by atoms with Crippen molar-refractivity contribution in [1.29, 1.82) is 0 Å². The van der Waals surface area contributed by atoms with Crippen LogP contribution in [0, 0.1) is 0 Å². The summed E-state index contributed by atoms with van der Waals surface area (Å²) in [5.41, 5.74) is 2.71. The van der Waals surface area contributed by atoms with E-state index in [1.807, 2.05) is 0 Å². The van der Waals surface area contributed by atoms with Crippen LogP contribution in [0.1, 0.15) is 27.7 Å². The number of benzene rings is 2. The summed E-state index contributed by atoms with van der Waals surface area (Å²) in [6.45, 7) is 18.1. The third-order valence-corrected chi connectivity index (χ3v) is 9.72. The molecule has 0 aliphatic heterocycles. The van der Waals surface area contributed by atoms with Crippen molar-refractivity contribution in [1.82, 2.24) is 0 Å². The molecule has 2 nitrogen and oxygen atoms in total. The molecule has 0 amide bonds. The van der Waals surface area contributed by atoms with Crippen LogP contribution in [0.5, 0.6) is 0 Å². The van der Waals surface area contributed by atoms with Crippen molar-refractivity contribution in [2.24, 2.45) is 0 Å². The van der Waals surface area contributed by atoms with Gasteiger partial charge in [0.2, 0.25) is 0 Å². The number of hydrogen-bond donors (Lipinski definition) is 0. The van der Waals surface area contributed by atoms with E-state index in [1.54, 1.807) is 0 Å². The molecule has 0 aliphatic carbocycles. The number of rotatable bonds is 8. The van der Waals surface area contributed by atoms with E-state index in [9.17, 15) is 0 Å². The van der Waals surface area contributed by atoms with Gasteiger partial charge in [0, 0.05) is 0 Å². The molecule has 25 heavy (non-hydrogen) atoms. The molecule has 0 fully saturated rings. The molecule has 0 unspecified atom stereocenters. The zero-order valence-electron chi connectivity index (χ0n) is 16.9. The van der Waals surface area contributed by atoms with Crippen LogP contribution >= 0.6 is 0 Å². The normalized spacial score (nSPS) is 12.1. The van der Waals surface area contributed by atoms with Crippen molar-refractivity contribution in [3.63, 3.8) is 0 Å². The first-order valence-electron chi connectivity index (χ1n) is 9.92. The van der Waals surface area contributed by atoms with Crippen molar-refractivity contribution >= 4 is 29.8 Å². The first-order valence-corrected chi connectivity index (χ1v) is 13.4. The Bertz CT molecular complexity index is 616. The molecular weight excluding hydrogens is 320 g/mol. The molecule has 0 aromatic heterocycles. The summed E-state index contributed by atoms with van der Waals surface area (Å²) in [4.78, 5) is 4.87. The van der Waals surface area contributed by atoms with Crippen molar-refractivity contribution in [2.75, 3.05) is 36.0 Å². The Morgan fingerprint density at radius 1 is 0.640 bits per heavy atom. The molecule has 2 aromatic rings. The molecule has 0 bridgehead atoms. The van der Waals surface area contributed by atoms with E-state index in [-0.39, 0.29) is 0 Å². The van der Waals surface area contributed by atoms with E-state index in [0.717, 1.165) is 26.2 Å². The molecule has 0 saturated carbocycles. The van der Waals surface area contributed by atoms with Gasteiger partial charge in [-0.25, -0.2) is 0 Å². The predicted molar refractivity (Wildman–Crippen MR) is 118 cm³/mol. The first kappa shape index (κ1) is 19.6. The quantitative estimate of drug-likeness (QED) is 0.662. The summed E-state index contributed by atoms with van der Waals surface area (Å²) >= 11 is 0. The third kappa shape index (κ3) is 4.27. The Labute approximate surface area is 155 Å². The molecule has 2 rings (SSSR count). The van der Waals surface area contributed by atoms with E-state index in [2.05, 4.69) is 99.1 Å². The van der Waals surface area contributed by atoms with Gasteiger partial charge in [0.15, 0.2) is 0 Å². The van der Waals surface area contributed by atoms with Crippen molar-refractivity contribution in [3.8, 4) is 0 Å². The SMILES string of the molecule is CCN(CC)c1cccc([SiH-](C)(C)c2cccc(N(CC)CC)c2)c1. The van der Waals surface area contributed by atoms with Crippen LogP contribution in [0.25, 0.3) is 0 Å². The van der Waals surface area contributed by atoms with E-state index in [4.69, 9.17) is 0 Å². The van der Waals surface area contributed by atoms with Gasteiger partial charge >= 0.3 is 155 Å². The molecule has 0 N–H and O–H groups in total. The summed E-state index contributed by atoms with van der Waals surface area (Å²) in [7, 11) is -2.05. The van der Waals surface area contributed by atoms with Crippen LogP contribution in [0.15, 0.2) is 48.5 Å². The third-order valence-electron chi connectivity index (χ3n) is 5.66. The first-order chi connectivity index (χ1) is 12.0. The van der Waals surface area contributed by atoms with Gasteiger partial charge in [-0.1, -0.05) is 0 Å². The van der Waals surface area contributed by atoms with Crippen molar-refractivity contribution in [3.05, 3.63) is 48.5 Å². The fourth-order valence-electron chi connectivity index (χ4n) is 3.71. The Morgan fingerprint density at radius 3 is 1.32 bits per heavy atom. The van der Waals surface area contributed by atoms with E-state index in [0.29, 0.717) is 0 Å². The Morgan fingerprint density at radius 2 is 1.00 bits per heavy atom. The van der Waals surface area contributed by atoms with Crippen molar-refractivity contribution < 1.29 is 0 Å². The molecule has 2 aromatic carbocycles. The van der Waals surface area contributed by atoms with Gasteiger partial charge in [0.05, 0.1) is 0 Å². The fourth-order valence-corrected chi connectivity index (χ4v) is 6.45. The minimum atomic E-state index is -2.05. The number of nitrogens with zero attached hydrogens (tertiary/aromatic N) is 2. The fraction of sp³-hybridized carbons (Fsp3) is 0.455. The number of hydrogen-bond acceptors (Lipinski definition) is 2. The van der Waals surface area contributed by atoms with Crippen LogP contribution in [0.2, 0.25) is 13.1 Å². The average molecular weight is 356 g/mol. The molecule has 3 heteroatoms. The molecular formula is C22H35N2Si-. The maximum atomic E-state index is 2.50. The Kier molecular flexibility index (Phi) is 6.71. The average Bonchev–Trinajstić information content (AvgIpc) is 2.64. The maximum absolute atomic E-state index is 2.50. The molecule has 0 atom stereocenters. The Balaban J connectivity index is 2.41. The zero-order chi connectivity index (χ0) is 18.4. The van der Waals surface area contributed by atoms with Crippen molar-refractivity contribution in [2.45, 2.75) is 40.8 Å². The van der Waals surface area contributed by atoms with E-state index in [1.165, 1.54) is 21.7 Å². The second-order valence-electron chi connectivity index (χ2n) is 7.41. The van der Waals surface area contributed by atoms with E-state index >= 15 is 0 Å². The second-order valence-corrected chi connectivity index (χ2v) is 12.5.